The van der Waals surface area contributed by atoms with Crippen molar-refractivity contribution in [1.82, 2.24) is 10.2 Å². The minimum absolute atomic E-state index is 0.121. The molecule has 0 saturated carbocycles. The lowest BCUT2D eigenvalue weighted by molar-refractivity contribution is 0.0697. The van der Waals surface area contributed by atoms with Crippen LogP contribution in [-0.2, 0) is 6.54 Å². The highest BCUT2D eigenvalue weighted by atomic mass is 35.5. The van der Waals surface area contributed by atoms with E-state index in [9.17, 15) is 9.18 Å². The molecule has 4 nitrogen and oxygen atoms in total. The predicted octanol–water partition coefficient (Wildman–Crippen LogP) is 4.10. The van der Waals surface area contributed by atoms with Crippen molar-refractivity contribution in [3.8, 4) is 0 Å². The van der Waals surface area contributed by atoms with Gasteiger partial charge in [0.05, 0.1) is 11.6 Å². The highest BCUT2D eigenvalue weighted by Gasteiger charge is 2.27. The number of halogens is 2. The molecular weight excluding hydrogens is 355 g/mol. The third-order valence-corrected chi connectivity index (χ3v) is 5.11. The van der Waals surface area contributed by atoms with Gasteiger partial charge in [-0.1, -0.05) is 29.8 Å². The summed E-state index contributed by atoms with van der Waals surface area (Å²) < 4.78 is 14.4. The van der Waals surface area contributed by atoms with Gasteiger partial charge in [0, 0.05) is 23.7 Å². The number of carbonyl (C=O) groups is 1. The van der Waals surface area contributed by atoms with Crippen LogP contribution in [0.3, 0.4) is 0 Å². The molecule has 2 N–H and O–H groups in total. The second-order valence-electron chi connectivity index (χ2n) is 6.53. The van der Waals surface area contributed by atoms with Crippen molar-refractivity contribution >= 4 is 17.6 Å². The quantitative estimate of drug-likeness (QED) is 0.763. The molecule has 0 radical (unpaired) electrons. The molecule has 26 heavy (non-hydrogen) atoms. The summed E-state index contributed by atoms with van der Waals surface area (Å²) in [6.07, 6.45) is 2.22. The van der Waals surface area contributed by atoms with Crippen molar-refractivity contribution in [3.63, 3.8) is 0 Å². The van der Waals surface area contributed by atoms with E-state index in [1.54, 1.807) is 36.4 Å². The molecule has 0 amide bonds. The molecule has 0 spiro atoms. The van der Waals surface area contributed by atoms with Gasteiger partial charge in [-0.2, -0.15) is 0 Å². The summed E-state index contributed by atoms with van der Waals surface area (Å²) in [5.41, 5.74) is 1.79. The number of carboxylic acid groups (broad SMARTS) is 1. The zero-order valence-electron chi connectivity index (χ0n) is 14.4. The van der Waals surface area contributed by atoms with E-state index >= 15 is 0 Å². The summed E-state index contributed by atoms with van der Waals surface area (Å²) in [6.45, 7) is 3.02. The first kappa shape index (κ1) is 18.8. The first-order chi connectivity index (χ1) is 12.6. The molecule has 0 aromatic heterocycles. The number of carboxylic acids is 1. The topological polar surface area (TPSA) is 52.6 Å². The largest absolute Gasteiger partial charge is 0.478 e. The standard InChI is InChI=1S/C20H22ClFN2O2/c21-16-4-3-5-17(22)19(16)18(24-10-1-2-11-24)13-23-12-14-6-8-15(9-7-14)20(25)26/h3-9,18,23H,1-2,10-13H2,(H,25,26). The van der Waals surface area contributed by atoms with E-state index in [1.165, 1.54) is 6.07 Å². The number of nitrogens with zero attached hydrogens (tertiary/aromatic N) is 1. The Morgan fingerprint density at radius 3 is 2.50 bits per heavy atom. The van der Waals surface area contributed by atoms with E-state index in [2.05, 4.69) is 10.2 Å². The first-order valence-corrected chi connectivity index (χ1v) is 9.15. The number of likely N-dealkylation sites (tertiary alicyclic amines) is 1. The van der Waals surface area contributed by atoms with Gasteiger partial charge in [0.2, 0.25) is 0 Å². The SMILES string of the molecule is O=C(O)c1ccc(CNCC(c2c(F)cccc2Cl)N2CCCC2)cc1. The van der Waals surface area contributed by atoms with Crippen LogP contribution < -0.4 is 5.32 Å². The summed E-state index contributed by atoms with van der Waals surface area (Å²) in [5.74, 6) is -1.21. The van der Waals surface area contributed by atoms with Crippen LogP contribution in [0, 0.1) is 5.82 Å². The Morgan fingerprint density at radius 2 is 1.88 bits per heavy atom. The molecule has 1 aliphatic heterocycles. The van der Waals surface area contributed by atoms with Crippen LogP contribution in [0.5, 0.6) is 0 Å². The van der Waals surface area contributed by atoms with Crippen LogP contribution in [0.15, 0.2) is 42.5 Å². The third kappa shape index (κ3) is 4.41. The summed E-state index contributed by atoms with van der Waals surface area (Å²) >= 11 is 6.30. The van der Waals surface area contributed by atoms with E-state index in [0.29, 0.717) is 23.7 Å². The number of aromatic carboxylic acids is 1. The van der Waals surface area contributed by atoms with Crippen molar-refractivity contribution in [1.29, 1.82) is 0 Å². The van der Waals surface area contributed by atoms with Crippen molar-refractivity contribution < 1.29 is 14.3 Å². The van der Waals surface area contributed by atoms with Gasteiger partial charge in [-0.3, -0.25) is 4.90 Å². The van der Waals surface area contributed by atoms with Crippen LogP contribution in [-0.4, -0.2) is 35.6 Å². The fraction of sp³-hybridized carbons (Fsp3) is 0.350. The molecule has 1 heterocycles. The molecule has 2 aromatic rings. The Labute approximate surface area is 157 Å². The van der Waals surface area contributed by atoms with Gasteiger partial charge in [0.1, 0.15) is 5.82 Å². The highest BCUT2D eigenvalue weighted by molar-refractivity contribution is 6.31. The number of benzene rings is 2. The molecule has 0 bridgehead atoms. The van der Waals surface area contributed by atoms with Crippen LogP contribution in [0.2, 0.25) is 5.02 Å². The molecular formula is C20H22ClFN2O2. The van der Waals surface area contributed by atoms with Crippen LogP contribution in [0.4, 0.5) is 4.39 Å². The maximum Gasteiger partial charge on any atom is 0.335 e. The number of rotatable bonds is 7. The van der Waals surface area contributed by atoms with E-state index in [-0.39, 0.29) is 17.4 Å². The number of nitrogens with one attached hydrogen (secondary N) is 1. The average molecular weight is 377 g/mol. The van der Waals surface area contributed by atoms with Crippen molar-refractivity contribution in [2.45, 2.75) is 25.4 Å². The molecule has 1 atom stereocenters. The summed E-state index contributed by atoms with van der Waals surface area (Å²) in [5, 5.41) is 12.8. The monoisotopic (exact) mass is 376 g/mol. The van der Waals surface area contributed by atoms with Gasteiger partial charge in [0.15, 0.2) is 0 Å². The van der Waals surface area contributed by atoms with Gasteiger partial charge in [-0.15, -0.1) is 0 Å². The third-order valence-electron chi connectivity index (χ3n) is 4.78. The van der Waals surface area contributed by atoms with E-state index in [0.717, 1.165) is 31.5 Å². The lowest BCUT2D eigenvalue weighted by atomic mass is 10.0. The molecule has 138 valence electrons. The Hall–Kier alpha value is -1.95. The number of hydrogen-bond acceptors (Lipinski definition) is 3. The average Bonchev–Trinajstić information content (AvgIpc) is 3.15. The normalized spacial score (nSPS) is 15.9. The fourth-order valence-electron chi connectivity index (χ4n) is 3.41. The minimum Gasteiger partial charge on any atom is -0.478 e. The molecule has 1 saturated heterocycles. The lowest BCUT2D eigenvalue weighted by Gasteiger charge is -2.29. The van der Waals surface area contributed by atoms with Crippen LogP contribution in [0.25, 0.3) is 0 Å². The Morgan fingerprint density at radius 1 is 1.19 bits per heavy atom. The Bertz CT molecular complexity index is 741. The zero-order chi connectivity index (χ0) is 18.5. The first-order valence-electron chi connectivity index (χ1n) is 8.77. The van der Waals surface area contributed by atoms with Gasteiger partial charge in [-0.05, 0) is 55.8 Å². The van der Waals surface area contributed by atoms with Crippen LogP contribution in [0.1, 0.15) is 40.4 Å². The summed E-state index contributed by atoms with van der Waals surface area (Å²) in [4.78, 5) is 13.2. The minimum atomic E-state index is -0.937. The summed E-state index contributed by atoms with van der Waals surface area (Å²) in [6, 6.07) is 11.4. The predicted molar refractivity (Wildman–Crippen MR) is 100 cm³/mol. The maximum atomic E-state index is 14.4. The van der Waals surface area contributed by atoms with Gasteiger partial charge >= 0.3 is 5.97 Å². The van der Waals surface area contributed by atoms with Crippen LogP contribution >= 0.6 is 11.6 Å². The van der Waals surface area contributed by atoms with Gasteiger partial charge in [0.25, 0.3) is 0 Å². The fourth-order valence-corrected chi connectivity index (χ4v) is 3.70. The summed E-state index contributed by atoms with van der Waals surface area (Å²) in [7, 11) is 0. The van der Waals surface area contributed by atoms with E-state index in [1.807, 2.05) is 0 Å². The number of hydrogen-bond donors (Lipinski definition) is 2. The second-order valence-corrected chi connectivity index (χ2v) is 6.93. The molecule has 2 aromatic carbocycles. The highest BCUT2D eigenvalue weighted by Crippen LogP contribution is 2.32. The molecule has 6 heteroatoms. The van der Waals surface area contributed by atoms with Crippen molar-refractivity contribution in [2.24, 2.45) is 0 Å². The van der Waals surface area contributed by atoms with E-state index < -0.39 is 5.97 Å². The Kier molecular flexibility index (Phi) is 6.25. The van der Waals surface area contributed by atoms with Gasteiger partial charge < -0.3 is 10.4 Å². The van der Waals surface area contributed by atoms with Crippen molar-refractivity contribution in [3.05, 3.63) is 70.0 Å². The molecule has 1 unspecified atom stereocenters. The zero-order valence-corrected chi connectivity index (χ0v) is 15.2. The second kappa shape index (κ2) is 8.62. The van der Waals surface area contributed by atoms with Crippen molar-refractivity contribution in [2.75, 3.05) is 19.6 Å². The molecule has 0 aliphatic carbocycles. The molecule has 3 rings (SSSR count). The lowest BCUT2D eigenvalue weighted by Crippen LogP contribution is -2.34. The molecule has 1 fully saturated rings. The van der Waals surface area contributed by atoms with E-state index in [4.69, 9.17) is 16.7 Å². The maximum absolute atomic E-state index is 14.4. The smallest absolute Gasteiger partial charge is 0.335 e. The van der Waals surface area contributed by atoms with Gasteiger partial charge in [-0.25, -0.2) is 9.18 Å². The molecule has 1 aliphatic rings. The Balaban J connectivity index is 1.69.